The molecule has 6 nitrogen and oxygen atoms in total. The molecule has 0 N–H and O–H groups in total. The zero-order chi connectivity index (χ0) is 15.4. The number of benzene rings is 1. The van der Waals surface area contributed by atoms with Crippen LogP contribution >= 0.6 is 0 Å². The summed E-state index contributed by atoms with van der Waals surface area (Å²) in [6.45, 7) is 1.25. The molecule has 1 heterocycles. The molecule has 0 radical (unpaired) electrons. The number of ether oxygens (including phenoxy) is 2. The van der Waals surface area contributed by atoms with E-state index in [2.05, 4.69) is 9.84 Å². The lowest BCUT2D eigenvalue weighted by Crippen LogP contribution is -2.08. The fourth-order valence-corrected chi connectivity index (χ4v) is 1.70. The van der Waals surface area contributed by atoms with E-state index in [1.807, 2.05) is 0 Å². The predicted molar refractivity (Wildman–Crippen MR) is 70.6 cm³/mol. The normalized spacial score (nSPS) is 10.2. The maximum atomic E-state index is 13.0. The van der Waals surface area contributed by atoms with Gasteiger partial charge in [-0.15, -0.1) is 0 Å². The van der Waals surface area contributed by atoms with Crippen LogP contribution in [0.15, 0.2) is 30.3 Å². The molecule has 0 atom stereocenters. The van der Waals surface area contributed by atoms with Crippen LogP contribution in [0.2, 0.25) is 0 Å². The molecule has 0 aliphatic rings. The molecule has 0 bridgehead atoms. The first-order chi connectivity index (χ1) is 9.99. The van der Waals surface area contributed by atoms with E-state index in [1.165, 1.54) is 49.0 Å². The molecule has 1 aromatic heterocycles. The molecule has 1 aromatic carbocycles. The summed E-state index contributed by atoms with van der Waals surface area (Å²) in [6.07, 6.45) is -0.0566. The van der Waals surface area contributed by atoms with Gasteiger partial charge in [0.15, 0.2) is 0 Å². The fraction of sp³-hybridized carbons (Fsp3) is 0.214. The van der Waals surface area contributed by atoms with Crippen LogP contribution in [-0.4, -0.2) is 28.8 Å². The third kappa shape index (κ3) is 3.65. The van der Waals surface area contributed by atoms with Gasteiger partial charge in [0.1, 0.15) is 5.82 Å². The van der Waals surface area contributed by atoms with Crippen molar-refractivity contribution in [3.05, 3.63) is 41.8 Å². The number of carbonyl (C=O) groups excluding carboxylic acids is 2. The molecule has 0 unspecified atom stereocenters. The number of hydrogen-bond donors (Lipinski definition) is 0. The molecule has 0 amide bonds. The second-order valence-electron chi connectivity index (χ2n) is 4.21. The lowest BCUT2D eigenvalue weighted by atomic mass is 10.3. The molecular weight excluding hydrogens is 279 g/mol. The number of hydrogen-bond acceptors (Lipinski definition) is 5. The van der Waals surface area contributed by atoms with E-state index in [0.29, 0.717) is 11.4 Å². The minimum atomic E-state index is -0.525. The Balaban J connectivity index is 2.39. The van der Waals surface area contributed by atoms with Crippen molar-refractivity contribution in [3.8, 4) is 11.6 Å². The van der Waals surface area contributed by atoms with E-state index in [-0.39, 0.29) is 12.3 Å². The molecular formula is C14H13FN2O4. The number of methoxy groups -OCH3 is 1. The van der Waals surface area contributed by atoms with Crippen LogP contribution in [0.1, 0.15) is 12.6 Å². The van der Waals surface area contributed by atoms with E-state index in [4.69, 9.17) is 4.74 Å². The van der Waals surface area contributed by atoms with Crippen LogP contribution in [0.3, 0.4) is 0 Å². The SMILES string of the molecule is COC(=O)Cc1cc(OC(C)=O)n(-c2ccc(F)cc2)n1. The highest BCUT2D eigenvalue weighted by Gasteiger charge is 2.15. The van der Waals surface area contributed by atoms with Crippen molar-refractivity contribution in [2.75, 3.05) is 7.11 Å². The lowest BCUT2D eigenvalue weighted by molar-refractivity contribution is -0.139. The Hall–Kier alpha value is -2.70. The third-order valence-corrected chi connectivity index (χ3v) is 2.60. The van der Waals surface area contributed by atoms with Crippen molar-refractivity contribution in [1.29, 1.82) is 0 Å². The Bertz CT molecular complexity index is 664. The van der Waals surface area contributed by atoms with E-state index in [0.717, 1.165) is 0 Å². The Kier molecular flexibility index (Phi) is 4.32. The highest BCUT2D eigenvalue weighted by atomic mass is 19.1. The highest BCUT2D eigenvalue weighted by molar-refractivity contribution is 5.72. The molecule has 0 saturated carbocycles. The Morgan fingerprint density at radius 1 is 1.29 bits per heavy atom. The average Bonchev–Trinajstić information content (AvgIpc) is 2.81. The van der Waals surface area contributed by atoms with Gasteiger partial charge in [-0.1, -0.05) is 0 Å². The third-order valence-electron chi connectivity index (χ3n) is 2.60. The number of rotatable bonds is 4. The number of aromatic nitrogens is 2. The number of halogens is 1. The van der Waals surface area contributed by atoms with Gasteiger partial charge < -0.3 is 9.47 Å². The number of carbonyl (C=O) groups is 2. The highest BCUT2D eigenvalue weighted by Crippen LogP contribution is 2.20. The Morgan fingerprint density at radius 2 is 1.95 bits per heavy atom. The van der Waals surface area contributed by atoms with Crippen molar-refractivity contribution in [2.24, 2.45) is 0 Å². The standard InChI is InChI=1S/C14H13FN2O4/c1-9(18)21-13-7-11(8-14(19)20-2)16-17(13)12-5-3-10(15)4-6-12/h3-7H,8H2,1-2H3. The van der Waals surface area contributed by atoms with Crippen LogP contribution in [-0.2, 0) is 20.7 Å². The summed E-state index contributed by atoms with van der Waals surface area (Å²) in [5.41, 5.74) is 0.881. The van der Waals surface area contributed by atoms with Crippen molar-refractivity contribution in [3.63, 3.8) is 0 Å². The molecule has 110 valence electrons. The maximum absolute atomic E-state index is 13.0. The molecule has 0 fully saturated rings. The van der Waals surface area contributed by atoms with Crippen molar-refractivity contribution in [1.82, 2.24) is 9.78 Å². The molecule has 2 aromatic rings. The second kappa shape index (κ2) is 6.17. The monoisotopic (exact) mass is 292 g/mol. The second-order valence-corrected chi connectivity index (χ2v) is 4.21. The summed E-state index contributed by atoms with van der Waals surface area (Å²) < 4.78 is 23.9. The van der Waals surface area contributed by atoms with Gasteiger partial charge in [0.05, 0.1) is 24.9 Å². The van der Waals surface area contributed by atoms with Crippen LogP contribution in [0.5, 0.6) is 5.88 Å². The summed E-state index contributed by atoms with van der Waals surface area (Å²) >= 11 is 0. The fourth-order valence-electron chi connectivity index (χ4n) is 1.70. The summed E-state index contributed by atoms with van der Waals surface area (Å²) in [5, 5.41) is 4.17. The molecule has 0 saturated heterocycles. The minimum absolute atomic E-state index is 0.0566. The van der Waals surface area contributed by atoms with Gasteiger partial charge in [0.25, 0.3) is 0 Å². The van der Waals surface area contributed by atoms with Crippen molar-refractivity contribution in [2.45, 2.75) is 13.3 Å². The summed E-state index contributed by atoms with van der Waals surface area (Å²) in [5.74, 6) is -1.24. The molecule has 2 rings (SSSR count). The predicted octanol–water partition coefficient (Wildman–Crippen LogP) is 1.65. The van der Waals surface area contributed by atoms with Crippen molar-refractivity contribution >= 4 is 11.9 Å². The zero-order valence-corrected chi connectivity index (χ0v) is 11.5. The van der Waals surface area contributed by atoms with Gasteiger partial charge in [-0.2, -0.15) is 5.10 Å². The molecule has 0 spiro atoms. The largest absolute Gasteiger partial charge is 0.469 e. The Labute approximate surface area is 120 Å². The van der Waals surface area contributed by atoms with Gasteiger partial charge in [-0.05, 0) is 24.3 Å². The van der Waals surface area contributed by atoms with Crippen LogP contribution < -0.4 is 4.74 Å². The van der Waals surface area contributed by atoms with Gasteiger partial charge in [0.2, 0.25) is 5.88 Å². The maximum Gasteiger partial charge on any atom is 0.311 e. The first-order valence-corrected chi connectivity index (χ1v) is 6.09. The van der Waals surface area contributed by atoms with E-state index in [1.54, 1.807) is 0 Å². The summed E-state index contributed by atoms with van der Waals surface area (Å²) in [6, 6.07) is 6.94. The number of nitrogens with zero attached hydrogens (tertiary/aromatic N) is 2. The Morgan fingerprint density at radius 3 is 2.52 bits per heavy atom. The van der Waals surface area contributed by atoms with Crippen LogP contribution in [0.4, 0.5) is 4.39 Å². The summed E-state index contributed by atoms with van der Waals surface area (Å²) in [4.78, 5) is 22.4. The van der Waals surface area contributed by atoms with E-state index < -0.39 is 17.8 Å². The summed E-state index contributed by atoms with van der Waals surface area (Å²) in [7, 11) is 1.27. The lowest BCUT2D eigenvalue weighted by Gasteiger charge is -2.06. The smallest absolute Gasteiger partial charge is 0.311 e. The topological polar surface area (TPSA) is 70.4 Å². The van der Waals surface area contributed by atoms with Gasteiger partial charge in [-0.25, -0.2) is 9.07 Å². The molecule has 0 aliphatic heterocycles. The zero-order valence-electron chi connectivity index (χ0n) is 11.5. The van der Waals surface area contributed by atoms with E-state index in [9.17, 15) is 14.0 Å². The molecule has 7 heteroatoms. The van der Waals surface area contributed by atoms with E-state index >= 15 is 0 Å². The average molecular weight is 292 g/mol. The first kappa shape index (κ1) is 14.7. The molecule has 21 heavy (non-hydrogen) atoms. The quantitative estimate of drug-likeness (QED) is 0.801. The van der Waals surface area contributed by atoms with Gasteiger partial charge in [-0.3, -0.25) is 9.59 Å². The van der Waals surface area contributed by atoms with Crippen LogP contribution in [0, 0.1) is 5.82 Å². The van der Waals surface area contributed by atoms with Gasteiger partial charge in [0, 0.05) is 13.0 Å². The molecule has 0 aliphatic carbocycles. The van der Waals surface area contributed by atoms with Crippen LogP contribution in [0.25, 0.3) is 5.69 Å². The minimum Gasteiger partial charge on any atom is -0.469 e. The number of esters is 2. The van der Waals surface area contributed by atoms with Crippen molar-refractivity contribution < 1.29 is 23.5 Å². The van der Waals surface area contributed by atoms with Gasteiger partial charge >= 0.3 is 11.9 Å². The first-order valence-electron chi connectivity index (χ1n) is 6.09.